The van der Waals surface area contributed by atoms with Gasteiger partial charge in [0, 0.05) is 28.5 Å². The molecule has 0 spiro atoms. The summed E-state index contributed by atoms with van der Waals surface area (Å²) < 4.78 is 1.00. The molecule has 2 nitrogen and oxygen atoms in total. The van der Waals surface area contributed by atoms with Gasteiger partial charge < -0.3 is 4.90 Å². The number of amides is 1. The van der Waals surface area contributed by atoms with E-state index in [4.69, 9.17) is 0 Å². The highest BCUT2D eigenvalue weighted by atomic mass is 79.9. The highest BCUT2D eigenvalue weighted by molar-refractivity contribution is 9.10. The Balaban J connectivity index is 2.11. The van der Waals surface area contributed by atoms with Crippen molar-refractivity contribution in [3.8, 4) is 0 Å². The molecule has 1 aliphatic heterocycles. The van der Waals surface area contributed by atoms with Crippen molar-refractivity contribution in [3.05, 3.63) is 33.8 Å². The van der Waals surface area contributed by atoms with Crippen LogP contribution in [0.15, 0.2) is 22.7 Å². The number of likely N-dealkylation sites (tertiary alicyclic amines) is 1. The summed E-state index contributed by atoms with van der Waals surface area (Å²) in [7, 11) is 0. The maximum atomic E-state index is 12.5. The molecule has 0 N–H and O–H groups in total. The van der Waals surface area contributed by atoms with Crippen LogP contribution >= 0.6 is 31.9 Å². The Labute approximate surface area is 125 Å². The van der Waals surface area contributed by atoms with Crippen LogP contribution in [0.3, 0.4) is 0 Å². The fourth-order valence-electron chi connectivity index (χ4n) is 2.42. The molecule has 2 rings (SSSR count). The molecule has 1 aromatic carbocycles. The molecule has 1 aromatic rings. The van der Waals surface area contributed by atoms with Gasteiger partial charge in [-0.2, -0.15) is 0 Å². The van der Waals surface area contributed by atoms with Crippen molar-refractivity contribution in [2.75, 3.05) is 18.4 Å². The van der Waals surface area contributed by atoms with Crippen molar-refractivity contribution >= 4 is 37.8 Å². The first-order valence-corrected chi connectivity index (χ1v) is 8.15. The number of nitrogens with zero attached hydrogens (tertiary/aromatic N) is 1. The normalized spacial score (nSPS) is 19.3. The first kappa shape index (κ1) is 14.1. The van der Waals surface area contributed by atoms with Crippen molar-refractivity contribution in [2.45, 2.75) is 19.8 Å². The number of halogens is 2. The first-order chi connectivity index (χ1) is 8.63. The summed E-state index contributed by atoms with van der Waals surface area (Å²) in [5, 5.41) is 1.02. The van der Waals surface area contributed by atoms with E-state index in [0.29, 0.717) is 5.92 Å². The Hall–Kier alpha value is -0.350. The third-order valence-corrected chi connectivity index (χ3v) is 4.91. The van der Waals surface area contributed by atoms with Crippen LogP contribution in [0.5, 0.6) is 0 Å². The highest BCUT2D eigenvalue weighted by Crippen LogP contribution is 2.25. The molecule has 98 valence electrons. The van der Waals surface area contributed by atoms with Crippen molar-refractivity contribution in [2.24, 2.45) is 5.92 Å². The lowest BCUT2D eigenvalue weighted by atomic mass is 10.1. The molecule has 0 radical (unpaired) electrons. The maximum Gasteiger partial charge on any atom is 0.254 e. The summed E-state index contributed by atoms with van der Waals surface area (Å²) in [6.07, 6.45) is 2.28. The summed E-state index contributed by atoms with van der Waals surface area (Å²) in [5.41, 5.74) is 1.86. The lowest BCUT2D eigenvalue weighted by molar-refractivity contribution is 0.0786. The fourth-order valence-corrected chi connectivity index (χ4v) is 3.43. The number of rotatable bonds is 3. The van der Waals surface area contributed by atoms with Gasteiger partial charge in [0.2, 0.25) is 0 Å². The van der Waals surface area contributed by atoms with E-state index in [0.717, 1.165) is 46.9 Å². The molecule has 4 heteroatoms. The van der Waals surface area contributed by atoms with Gasteiger partial charge in [-0.1, -0.05) is 37.9 Å². The van der Waals surface area contributed by atoms with E-state index in [1.165, 1.54) is 0 Å². The third-order valence-electron chi connectivity index (χ3n) is 3.59. The maximum absolute atomic E-state index is 12.5. The number of hydrogen-bond donors (Lipinski definition) is 0. The minimum atomic E-state index is 0.172. The topological polar surface area (TPSA) is 20.3 Å². The van der Waals surface area contributed by atoms with Crippen LogP contribution < -0.4 is 0 Å². The minimum Gasteiger partial charge on any atom is -0.338 e. The molecule has 0 saturated carbocycles. The molecule has 0 bridgehead atoms. The molecular weight excluding hydrogens is 358 g/mol. The van der Waals surface area contributed by atoms with Gasteiger partial charge in [-0.15, -0.1) is 0 Å². The molecule has 1 saturated heterocycles. The number of hydrogen-bond acceptors (Lipinski definition) is 1. The van der Waals surface area contributed by atoms with E-state index >= 15 is 0 Å². The summed E-state index contributed by atoms with van der Waals surface area (Å²) in [6.45, 7) is 3.78. The number of alkyl halides is 1. The zero-order chi connectivity index (χ0) is 13.1. The van der Waals surface area contributed by atoms with Crippen LogP contribution in [-0.4, -0.2) is 29.2 Å². The lowest BCUT2D eigenvalue weighted by Gasteiger charge is -2.18. The molecule has 0 aromatic heterocycles. The average Bonchev–Trinajstić information content (AvgIpc) is 2.81. The number of carbonyl (C=O) groups is 1. The van der Waals surface area contributed by atoms with Crippen LogP contribution in [0.25, 0.3) is 0 Å². The predicted octanol–water partition coefficient (Wildman–Crippen LogP) is 4.00. The number of carbonyl (C=O) groups excluding carboxylic acids is 1. The van der Waals surface area contributed by atoms with Crippen LogP contribution in [0.4, 0.5) is 0 Å². The molecule has 1 atom stereocenters. The SMILES string of the molecule is Cc1c(Br)cccc1C(=O)N1CCC(CCBr)C1. The first-order valence-electron chi connectivity index (χ1n) is 6.24. The van der Waals surface area contributed by atoms with E-state index < -0.39 is 0 Å². The summed E-state index contributed by atoms with van der Waals surface area (Å²) in [4.78, 5) is 14.5. The van der Waals surface area contributed by atoms with Crippen LogP contribution in [0, 0.1) is 12.8 Å². The Kier molecular flexibility index (Phi) is 4.84. The zero-order valence-corrected chi connectivity index (χ0v) is 13.6. The van der Waals surface area contributed by atoms with Gasteiger partial charge in [-0.05, 0) is 43.4 Å². The molecule has 1 fully saturated rings. The van der Waals surface area contributed by atoms with E-state index in [9.17, 15) is 4.79 Å². The second kappa shape index (κ2) is 6.20. The quantitative estimate of drug-likeness (QED) is 0.732. The third kappa shape index (κ3) is 2.97. The summed E-state index contributed by atoms with van der Waals surface area (Å²) >= 11 is 6.96. The lowest BCUT2D eigenvalue weighted by Crippen LogP contribution is -2.29. The molecular formula is C14H17Br2NO. The molecule has 1 unspecified atom stereocenters. The standard InChI is InChI=1S/C14H17Br2NO/c1-10-12(3-2-4-13(10)16)14(18)17-8-6-11(9-17)5-7-15/h2-4,11H,5-9H2,1H3. The van der Waals surface area contributed by atoms with Gasteiger partial charge in [0.05, 0.1) is 0 Å². The minimum absolute atomic E-state index is 0.172. The molecule has 1 heterocycles. The van der Waals surface area contributed by atoms with Gasteiger partial charge in [0.15, 0.2) is 0 Å². The highest BCUT2D eigenvalue weighted by Gasteiger charge is 2.27. The zero-order valence-electron chi connectivity index (χ0n) is 10.5. The summed E-state index contributed by atoms with van der Waals surface area (Å²) in [6, 6.07) is 5.82. The Morgan fingerprint density at radius 1 is 1.50 bits per heavy atom. The van der Waals surface area contributed by atoms with Gasteiger partial charge in [-0.25, -0.2) is 0 Å². The van der Waals surface area contributed by atoms with Gasteiger partial charge in [0.25, 0.3) is 5.91 Å². The molecule has 1 aliphatic rings. The monoisotopic (exact) mass is 373 g/mol. The summed E-state index contributed by atoms with van der Waals surface area (Å²) in [5.74, 6) is 0.826. The number of benzene rings is 1. The second-order valence-electron chi connectivity index (χ2n) is 4.80. The van der Waals surface area contributed by atoms with Gasteiger partial charge in [-0.3, -0.25) is 4.79 Å². The fraction of sp³-hybridized carbons (Fsp3) is 0.500. The van der Waals surface area contributed by atoms with Crippen molar-refractivity contribution in [1.29, 1.82) is 0 Å². The average molecular weight is 375 g/mol. The van der Waals surface area contributed by atoms with Crippen LogP contribution in [-0.2, 0) is 0 Å². The van der Waals surface area contributed by atoms with E-state index in [2.05, 4.69) is 31.9 Å². The molecule has 18 heavy (non-hydrogen) atoms. The van der Waals surface area contributed by atoms with Gasteiger partial charge >= 0.3 is 0 Å². The van der Waals surface area contributed by atoms with Crippen molar-refractivity contribution < 1.29 is 4.79 Å². The van der Waals surface area contributed by atoms with Crippen molar-refractivity contribution in [3.63, 3.8) is 0 Å². The van der Waals surface area contributed by atoms with Crippen LogP contribution in [0.2, 0.25) is 0 Å². The smallest absolute Gasteiger partial charge is 0.254 e. The Bertz CT molecular complexity index is 447. The van der Waals surface area contributed by atoms with Gasteiger partial charge in [0.1, 0.15) is 0 Å². The van der Waals surface area contributed by atoms with E-state index in [1.807, 2.05) is 30.0 Å². The molecule has 1 amide bonds. The predicted molar refractivity (Wildman–Crippen MR) is 81.3 cm³/mol. The largest absolute Gasteiger partial charge is 0.338 e. The Morgan fingerprint density at radius 3 is 3.00 bits per heavy atom. The second-order valence-corrected chi connectivity index (χ2v) is 6.44. The molecule has 0 aliphatic carbocycles. The van der Waals surface area contributed by atoms with E-state index in [1.54, 1.807) is 0 Å². The van der Waals surface area contributed by atoms with Crippen molar-refractivity contribution in [1.82, 2.24) is 4.90 Å². The Morgan fingerprint density at radius 2 is 2.28 bits per heavy atom. The van der Waals surface area contributed by atoms with E-state index in [-0.39, 0.29) is 5.91 Å². The van der Waals surface area contributed by atoms with Crippen LogP contribution in [0.1, 0.15) is 28.8 Å².